The molecule has 0 saturated carbocycles. The van der Waals surface area contributed by atoms with Crippen molar-refractivity contribution in [2.24, 2.45) is 0 Å². The Balaban J connectivity index is 2.33. The second kappa shape index (κ2) is 6.58. The van der Waals surface area contributed by atoms with Crippen molar-refractivity contribution in [3.05, 3.63) is 30.1 Å². The van der Waals surface area contributed by atoms with Crippen LogP contribution in [0.15, 0.2) is 24.3 Å². The third kappa shape index (κ3) is 5.29. The summed E-state index contributed by atoms with van der Waals surface area (Å²) in [5.41, 5.74) is 0. The molecule has 1 aromatic carbocycles. The second-order valence-corrected chi connectivity index (χ2v) is 3.92. The van der Waals surface area contributed by atoms with Gasteiger partial charge in [0.05, 0.1) is 0 Å². The van der Waals surface area contributed by atoms with E-state index in [1.54, 1.807) is 13.8 Å². The summed E-state index contributed by atoms with van der Waals surface area (Å²) >= 11 is 0. The summed E-state index contributed by atoms with van der Waals surface area (Å²) in [5, 5.41) is 4.61. The van der Waals surface area contributed by atoms with Crippen molar-refractivity contribution in [2.75, 3.05) is 6.61 Å². The average molecular weight is 254 g/mol. The first-order valence-electron chi connectivity index (χ1n) is 5.46. The molecule has 0 aromatic heterocycles. The normalized spacial score (nSPS) is 10.0. The predicted molar refractivity (Wildman–Crippen MR) is 63.7 cm³/mol. The van der Waals surface area contributed by atoms with Crippen LogP contribution in [0.3, 0.4) is 0 Å². The first-order chi connectivity index (χ1) is 8.47. The maximum absolute atomic E-state index is 12.6. The van der Waals surface area contributed by atoms with E-state index in [2.05, 4.69) is 10.6 Å². The highest BCUT2D eigenvalue weighted by Crippen LogP contribution is 2.10. The van der Waals surface area contributed by atoms with Gasteiger partial charge in [0.2, 0.25) is 0 Å². The number of imide groups is 1. The van der Waals surface area contributed by atoms with Gasteiger partial charge >= 0.3 is 6.03 Å². The highest BCUT2D eigenvalue weighted by Gasteiger charge is 2.08. The quantitative estimate of drug-likeness (QED) is 0.854. The van der Waals surface area contributed by atoms with Crippen molar-refractivity contribution >= 4 is 11.9 Å². The third-order valence-electron chi connectivity index (χ3n) is 1.86. The van der Waals surface area contributed by atoms with Gasteiger partial charge in [-0.3, -0.25) is 10.1 Å². The maximum atomic E-state index is 12.6. The van der Waals surface area contributed by atoms with Crippen molar-refractivity contribution in [3.8, 4) is 5.75 Å². The number of carbonyl (C=O) groups is 2. The molecule has 0 radical (unpaired) electrons. The van der Waals surface area contributed by atoms with Crippen molar-refractivity contribution in [1.82, 2.24) is 10.6 Å². The molecule has 0 bridgehead atoms. The van der Waals surface area contributed by atoms with E-state index in [0.29, 0.717) is 5.75 Å². The van der Waals surface area contributed by atoms with E-state index in [1.807, 2.05) is 0 Å². The Kier molecular flexibility index (Phi) is 5.10. The smallest absolute Gasteiger partial charge is 0.321 e. The van der Waals surface area contributed by atoms with E-state index >= 15 is 0 Å². The van der Waals surface area contributed by atoms with Crippen LogP contribution in [0.4, 0.5) is 9.18 Å². The van der Waals surface area contributed by atoms with Gasteiger partial charge in [-0.2, -0.15) is 0 Å². The molecule has 98 valence electrons. The zero-order valence-electron chi connectivity index (χ0n) is 10.2. The fraction of sp³-hybridized carbons (Fsp3) is 0.333. The molecule has 0 aliphatic rings. The summed E-state index contributed by atoms with van der Waals surface area (Å²) in [6.07, 6.45) is 0. The van der Waals surface area contributed by atoms with E-state index in [4.69, 9.17) is 4.74 Å². The molecule has 6 heteroatoms. The Bertz CT molecular complexity index is 418. The Labute approximate surface area is 104 Å². The molecular weight excluding hydrogens is 239 g/mol. The van der Waals surface area contributed by atoms with Gasteiger partial charge in [-0.25, -0.2) is 9.18 Å². The number of carbonyl (C=O) groups excluding carboxylic acids is 2. The molecule has 1 rings (SSSR count). The molecule has 0 atom stereocenters. The monoisotopic (exact) mass is 254 g/mol. The molecule has 0 aliphatic heterocycles. The van der Waals surface area contributed by atoms with E-state index in [0.717, 1.165) is 0 Å². The second-order valence-electron chi connectivity index (χ2n) is 3.92. The number of nitrogens with one attached hydrogen (secondary N) is 2. The lowest BCUT2D eigenvalue weighted by molar-refractivity contribution is -0.122. The molecule has 0 heterocycles. The molecule has 0 unspecified atom stereocenters. The summed E-state index contributed by atoms with van der Waals surface area (Å²) in [4.78, 5) is 22.5. The summed E-state index contributed by atoms with van der Waals surface area (Å²) in [7, 11) is 0. The topological polar surface area (TPSA) is 67.4 Å². The van der Waals surface area contributed by atoms with E-state index in [1.165, 1.54) is 24.3 Å². The van der Waals surface area contributed by atoms with Crippen molar-refractivity contribution in [3.63, 3.8) is 0 Å². The first kappa shape index (κ1) is 14.0. The Morgan fingerprint density at radius 2 is 1.89 bits per heavy atom. The van der Waals surface area contributed by atoms with Crippen LogP contribution in [0.2, 0.25) is 0 Å². The Hall–Kier alpha value is -2.11. The molecule has 2 N–H and O–H groups in total. The largest absolute Gasteiger partial charge is 0.484 e. The predicted octanol–water partition coefficient (Wildman–Crippen LogP) is 1.44. The maximum Gasteiger partial charge on any atom is 0.321 e. The average Bonchev–Trinajstić information content (AvgIpc) is 2.27. The van der Waals surface area contributed by atoms with Crippen LogP contribution in [0.5, 0.6) is 5.75 Å². The molecule has 0 fully saturated rings. The van der Waals surface area contributed by atoms with E-state index < -0.39 is 11.9 Å². The van der Waals surface area contributed by atoms with Gasteiger partial charge in [-0.1, -0.05) is 0 Å². The standard InChI is InChI=1S/C12H15FN2O3/c1-8(2)14-12(17)15-11(16)7-18-10-5-3-9(13)4-6-10/h3-6,8H,7H2,1-2H3,(H2,14,15,16,17). The van der Waals surface area contributed by atoms with Gasteiger partial charge in [-0.05, 0) is 38.1 Å². The number of urea groups is 1. The summed E-state index contributed by atoms with van der Waals surface area (Å²) < 4.78 is 17.7. The van der Waals surface area contributed by atoms with Gasteiger partial charge < -0.3 is 10.1 Å². The van der Waals surface area contributed by atoms with E-state index in [-0.39, 0.29) is 18.5 Å². The molecule has 0 saturated heterocycles. The van der Waals surface area contributed by atoms with Gasteiger partial charge in [0.25, 0.3) is 5.91 Å². The lowest BCUT2D eigenvalue weighted by Crippen LogP contribution is -2.44. The van der Waals surface area contributed by atoms with Crippen LogP contribution in [-0.4, -0.2) is 24.6 Å². The molecular formula is C12H15FN2O3. The van der Waals surface area contributed by atoms with Crippen LogP contribution in [0.1, 0.15) is 13.8 Å². The van der Waals surface area contributed by atoms with Crippen molar-refractivity contribution < 1.29 is 18.7 Å². The highest BCUT2D eigenvalue weighted by molar-refractivity contribution is 5.95. The zero-order valence-corrected chi connectivity index (χ0v) is 10.2. The van der Waals surface area contributed by atoms with Crippen LogP contribution >= 0.6 is 0 Å². The molecule has 0 spiro atoms. The summed E-state index contributed by atoms with van der Waals surface area (Å²) in [5.74, 6) is -0.601. The molecule has 5 nitrogen and oxygen atoms in total. The van der Waals surface area contributed by atoms with Crippen LogP contribution in [-0.2, 0) is 4.79 Å². The van der Waals surface area contributed by atoms with Crippen LogP contribution < -0.4 is 15.4 Å². The summed E-state index contributed by atoms with van der Waals surface area (Å²) in [6, 6.07) is 4.61. The third-order valence-corrected chi connectivity index (χ3v) is 1.86. The van der Waals surface area contributed by atoms with Crippen LogP contribution in [0.25, 0.3) is 0 Å². The Morgan fingerprint density at radius 3 is 2.44 bits per heavy atom. The SMILES string of the molecule is CC(C)NC(=O)NC(=O)COc1ccc(F)cc1. The zero-order chi connectivity index (χ0) is 13.5. The minimum Gasteiger partial charge on any atom is -0.484 e. The molecule has 3 amide bonds. The number of halogens is 1. The van der Waals surface area contributed by atoms with Gasteiger partial charge in [0, 0.05) is 6.04 Å². The number of hydrogen-bond acceptors (Lipinski definition) is 3. The molecule has 0 aliphatic carbocycles. The molecule has 1 aromatic rings. The Morgan fingerprint density at radius 1 is 1.28 bits per heavy atom. The number of hydrogen-bond donors (Lipinski definition) is 2. The van der Waals surface area contributed by atoms with E-state index in [9.17, 15) is 14.0 Å². The minimum absolute atomic E-state index is 0.0594. The number of benzene rings is 1. The first-order valence-corrected chi connectivity index (χ1v) is 5.46. The lowest BCUT2D eigenvalue weighted by Gasteiger charge is -2.09. The highest BCUT2D eigenvalue weighted by atomic mass is 19.1. The fourth-order valence-electron chi connectivity index (χ4n) is 1.14. The molecule has 18 heavy (non-hydrogen) atoms. The number of rotatable bonds is 4. The van der Waals surface area contributed by atoms with Gasteiger partial charge in [0.1, 0.15) is 11.6 Å². The van der Waals surface area contributed by atoms with Crippen LogP contribution in [0, 0.1) is 5.82 Å². The number of ether oxygens (including phenoxy) is 1. The fourth-order valence-corrected chi connectivity index (χ4v) is 1.14. The van der Waals surface area contributed by atoms with Gasteiger partial charge in [-0.15, -0.1) is 0 Å². The van der Waals surface area contributed by atoms with Gasteiger partial charge in [0.15, 0.2) is 6.61 Å². The minimum atomic E-state index is -0.572. The van der Waals surface area contributed by atoms with Crippen molar-refractivity contribution in [1.29, 1.82) is 0 Å². The van der Waals surface area contributed by atoms with Crippen molar-refractivity contribution in [2.45, 2.75) is 19.9 Å². The number of amides is 3. The summed E-state index contributed by atoms with van der Waals surface area (Å²) in [6.45, 7) is 3.25. The lowest BCUT2D eigenvalue weighted by atomic mass is 10.3.